The van der Waals surface area contributed by atoms with E-state index in [0.29, 0.717) is 22.8 Å². The van der Waals surface area contributed by atoms with Crippen LogP contribution < -0.4 is 9.46 Å². The largest absolute Gasteiger partial charge is 0.495 e. The lowest BCUT2D eigenvalue weighted by molar-refractivity contribution is 0.0600. The summed E-state index contributed by atoms with van der Waals surface area (Å²) in [5.41, 5.74) is 1.14. The van der Waals surface area contributed by atoms with Gasteiger partial charge in [-0.25, -0.2) is 18.2 Å². The molecule has 1 heterocycles. The number of hydrogen-bond acceptors (Lipinski definition) is 7. The second kappa shape index (κ2) is 7.73. The molecular formula is C19H18N2O6S. The van der Waals surface area contributed by atoms with E-state index in [0.717, 1.165) is 0 Å². The Balaban J connectivity index is 1.95. The monoisotopic (exact) mass is 402 g/mol. The van der Waals surface area contributed by atoms with Gasteiger partial charge in [0.15, 0.2) is 11.7 Å². The fourth-order valence-corrected chi connectivity index (χ4v) is 3.79. The van der Waals surface area contributed by atoms with E-state index in [1.54, 1.807) is 19.1 Å². The number of nitrogens with zero attached hydrogens (tertiary/aromatic N) is 1. The number of anilines is 1. The van der Waals surface area contributed by atoms with Gasteiger partial charge < -0.3 is 13.9 Å². The molecule has 8 nitrogen and oxygen atoms in total. The molecule has 0 atom stereocenters. The number of sulfonamides is 1. The van der Waals surface area contributed by atoms with Crippen LogP contribution in [-0.4, -0.2) is 33.6 Å². The number of aryl methyl sites for hydroxylation is 1. The zero-order chi connectivity index (χ0) is 20.3. The van der Waals surface area contributed by atoms with Gasteiger partial charge in [0.25, 0.3) is 10.0 Å². The Labute approximate surface area is 162 Å². The van der Waals surface area contributed by atoms with Crippen molar-refractivity contribution in [3.05, 3.63) is 60.1 Å². The van der Waals surface area contributed by atoms with Crippen molar-refractivity contribution < 1.29 is 27.1 Å². The van der Waals surface area contributed by atoms with Crippen LogP contribution in [0.2, 0.25) is 0 Å². The second-order valence-electron chi connectivity index (χ2n) is 5.78. The summed E-state index contributed by atoms with van der Waals surface area (Å²) in [5, 5.41) is 0. The smallest absolute Gasteiger partial charge is 0.337 e. The summed E-state index contributed by atoms with van der Waals surface area (Å²) in [5.74, 6) is 0.586. The van der Waals surface area contributed by atoms with Crippen molar-refractivity contribution >= 4 is 21.7 Å². The average molecular weight is 402 g/mol. The minimum Gasteiger partial charge on any atom is -0.495 e. The lowest BCUT2D eigenvalue weighted by Gasteiger charge is -2.13. The van der Waals surface area contributed by atoms with Gasteiger partial charge in [-0.15, -0.1) is 0 Å². The molecule has 9 heteroatoms. The van der Waals surface area contributed by atoms with Crippen LogP contribution in [-0.2, 0) is 14.8 Å². The number of oxazole rings is 1. The molecule has 0 saturated heterocycles. The van der Waals surface area contributed by atoms with Crippen molar-refractivity contribution in [3.8, 4) is 17.1 Å². The molecule has 1 N–H and O–H groups in total. The highest BCUT2D eigenvalue weighted by Crippen LogP contribution is 2.31. The van der Waals surface area contributed by atoms with E-state index in [4.69, 9.17) is 9.15 Å². The third-order valence-electron chi connectivity index (χ3n) is 3.92. The fourth-order valence-electron chi connectivity index (χ4n) is 2.54. The van der Waals surface area contributed by atoms with Crippen LogP contribution in [0.15, 0.2) is 58.0 Å². The van der Waals surface area contributed by atoms with Crippen molar-refractivity contribution in [2.45, 2.75) is 11.8 Å². The molecule has 0 unspecified atom stereocenters. The van der Waals surface area contributed by atoms with Crippen molar-refractivity contribution in [1.82, 2.24) is 4.98 Å². The fraction of sp³-hybridized carbons (Fsp3) is 0.158. The van der Waals surface area contributed by atoms with Crippen LogP contribution in [0.4, 0.5) is 5.69 Å². The van der Waals surface area contributed by atoms with E-state index in [-0.39, 0.29) is 16.3 Å². The third kappa shape index (κ3) is 3.99. The number of aromatic nitrogens is 1. The van der Waals surface area contributed by atoms with E-state index in [9.17, 15) is 13.2 Å². The summed E-state index contributed by atoms with van der Waals surface area (Å²) < 4.78 is 43.6. The number of rotatable bonds is 6. The molecule has 0 amide bonds. The normalized spacial score (nSPS) is 11.1. The SMILES string of the molecule is COC(=O)c1ccc(NS(=O)(=O)c2cc(-c3cnc(C)o3)ccc2OC)cc1. The molecule has 2 aromatic carbocycles. The predicted octanol–water partition coefficient (Wildman–Crippen LogP) is 3.25. The van der Waals surface area contributed by atoms with Gasteiger partial charge in [0.1, 0.15) is 10.6 Å². The number of carbonyl (C=O) groups is 1. The molecule has 0 aliphatic heterocycles. The number of benzene rings is 2. The maximum atomic E-state index is 12.9. The number of carbonyl (C=O) groups excluding carboxylic acids is 1. The van der Waals surface area contributed by atoms with Crippen molar-refractivity contribution in [3.63, 3.8) is 0 Å². The van der Waals surface area contributed by atoms with Gasteiger partial charge in [0.05, 0.1) is 26.0 Å². The number of methoxy groups -OCH3 is 2. The zero-order valence-electron chi connectivity index (χ0n) is 15.4. The Bertz CT molecular complexity index is 1100. The first-order valence-electron chi connectivity index (χ1n) is 8.16. The molecule has 0 aliphatic carbocycles. The van der Waals surface area contributed by atoms with E-state index >= 15 is 0 Å². The number of esters is 1. The maximum absolute atomic E-state index is 12.9. The molecule has 1 aromatic heterocycles. The Morgan fingerprint density at radius 1 is 1.11 bits per heavy atom. The quantitative estimate of drug-likeness (QED) is 0.631. The Hall–Kier alpha value is -3.33. The van der Waals surface area contributed by atoms with Gasteiger partial charge in [-0.2, -0.15) is 0 Å². The highest BCUT2D eigenvalue weighted by atomic mass is 32.2. The highest BCUT2D eigenvalue weighted by molar-refractivity contribution is 7.92. The zero-order valence-corrected chi connectivity index (χ0v) is 16.2. The van der Waals surface area contributed by atoms with Gasteiger partial charge in [0.2, 0.25) is 0 Å². The van der Waals surface area contributed by atoms with Gasteiger partial charge in [-0.1, -0.05) is 0 Å². The average Bonchev–Trinajstić information content (AvgIpc) is 3.13. The molecular weight excluding hydrogens is 384 g/mol. The molecule has 0 aliphatic rings. The van der Waals surface area contributed by atoms with Gasteiger partial charge in [-0.3, -0.25) is 4.72 Å². The van der Waals surface area contributed by atoms with Crippen LogP contribution in [0.5, 0.6) is 5.75 Å². The molecule has 0 fully saturated rings. The first-order chi connectivity index (χ1) is 13.3. The summed E-state index contributed by atoms with van der Waals surface area (Å²) in [4.78, 5) is 15.5. The standard InChI is InChI=1S/C19H18N2O6S/c1-12-20-11-17(27-12)14-6-9-16(25-2)18(10-14)28(23,24)21-15-7-4-13(5-8-15)19(22)26-3/h4-11,21H,1-3H3. The summed E-state index contributed by atoms with van der Waals surface area (Å²) >= 11 is 0. The molecule has 0 radical (unpaired) electrons. The Kier molecular flexibility index (Phi) is 5.36. The van der Waals surface area contributed by atoms with Crippen LogP contribution in [0.25, 0.3) is 11.3 Å². The van der Waals surface area contributed by atoms with Crippen molar-refractivity contribution in [1.29, 1.82) is 0 Å². The minimum atomic E-state index is -3.97. The summed E-state index contributed by atoms with van der Waals surface area (Å²) in [6.07, 6.45) is 1.52. The van der Waals surface area contributed by atoms with Crippen molar-refractivity contribution in [2.75, 3.05) is 18.9 Å². The molecule has 0 saturated carbocycles. The van der Waals surface area contributed by atoms with E-state index < -0.39 is 16.0 Å². The number of ether oxygens (including phenoxy) is 2. The van der Waals surface area contributed by atoms with Crippen LogP contribution in [0, 0.1) is 6.92 Å². The lowest BCUT2D eigenvalue weighted by atomic mass is 10.2. The summed E-state index contributed by atoms with van der Waals surface area (Å²) in [6.45, 7) is 1.70. The molecule has 3 aromatic rings. The highest BCUT2D eigenvalue weighted by Gasteiger charge is 2.22. The summed E-state index contributed by atoms with van der Waals surface area (Å²) in [6, 6.07) is 10.6. The van der Waals surface area contributed by atoms with Gasteiger partial charge in [-0.05, 0) is 42.5 Å². The summed E-state index contributed by atoms with van der Waals surface area (Å²) in [7, 11) is -1.31. The first kappa shape index (κ1) is 19.4. The van der Waals surface area contributed by atoms with Crippen molar-refractivity contribution in [2.24, 2.45) is 0 Å². The molecule has 3 rings (SSSR count). The number of nitrogens with one attached hydrogen (secondary N) is 1. The van der Waals surface area contributed by atoms with Gasteiger partial charge >= 0.3 is 5.97 Å². The van der Waals surface area contributed by atoms with E-state index in [1.807, 2.05) is 0 Å². The first-order valence-corrected chi connectivity index (χ1v) is 9.64. The molecule has 0 bridgehead atoms. The maximum Gasteiger partial charge on any atom is 0.337 e. The molecule has 146 valence electrons. The van der Waals surface area contributed by atoms with Crippen LogP contribution in [0.1, 0.15) is 16.2 Å². The second-order valence-corrected chi connectivity index (χ2v) is 7.43. The lowest BCUT2D eigenvalue weighted by Crippen LogP contribution is -2.14. The van der Waals surface area contributed by atoms with E-state index in [2.05, 4.69) is 14.4 Å². The predicted molar refractivity (Wildman–Crippen MR) is 102 cm³/mol. The molecule has 0 spiro atoms. The number of hydrogen-bond donors (Lipinski definition) is 1. The topological polar surface area (TPSA) is 108 Å². The van der Waals surface area contributed by atoms with Crippen LogP contribution >= 0.6 is 0 Å². The van der Waals surface area contributed by atoms with Gasteiger partial charge in [0, 0.05) is 18.2 Å². The Morgan fingerprint density at radius 3 is 2.39 bits per heavy atom. The van der Waals surface area contributed by atoms with E-state index in [1.165, 1.54) is 50.7 Å². The third-order valence-corrected chi connectivity index (χ3v) is 5.32. The Morgan fingerprint density at radius 2 is 1.82 bits per heavy atom. The van der Waals surface area contributed by atoms with Crippen LogP contribution in [0.3, 0.4) is 0 Å². The molecule has 28 heavy (non-hydrogen) atoms. The minimum absolute atomic E-state index is 0.0569.